The van der Waals surface area contributed by atoms with E-state index in [0.717, 1.165) is 21.7 Å². The Morgan fingerprint density at radius 1 is 0.839 bits per heavy atom. The van der Waals surface area contributed by atoms with E-state index in [1.165, 1.54) is 12.3 Å². The number of carbonyl (C=O) groups is 7. The van der Waals surface area contributed by atoms with Crippen LogP contribution in [0.25, 0.3) is 22.0 Å². The second-order valence-electron chi connectivity index (χ2n) is 13.5. The van der Waals surface area contributed by atoms with E-state index in [1.807, 2.05) is 60.7 Å². The summed E-state index contributed by atoms with van der Waals surface area (Å²) in [5.41, 5.74) is 11.0. The molecule has 1 saturated heterocycles. The van der Waals surface area contributed by atoms with Crippen molar-refractivity contribution in [2.45, 2.75) is 38.1 Å². The first kappa shape index (κ1) is 37.1. The molecule has 7 amide bonds. The van der Waals surface area contributed by atoms with Gasteiger partial charge in [-0.25, -0.2) is 0 Å². The van der Waals surface area contributed by atoms with Gasteiger partial charge in [-0.3, -0.25) is 48.8 Å². The van der Waals surface area contributed by atoms with E-state index in [1.54, 1.807) is 24.3 Å². The van der Waals surface area contributed by atoms with Gasteiger partial charge in [0.1, 0.15) is 6.04 Å². The number of hydrogen-bond acceptors (Lipinski definition) is 9. The van der Waals surface area contributed by atoms with E-state index in [0.29, 0.717) is 47.2 Å². The van der Waals surface area contributed by atoms with Crippen LogP contribution in [0.1, 0.15) is 72.7 Å². The third-order valence-electron chi connectivity index (χ3n) is 9.79. The minimum atomic E-state index is -1.07. The Bertz CT molecular complexity index is 2410. The highest BCUT2D eigenvalue weighted by Gasteiger charge is 2.45. The summed E-state index contributed by atoms with van der Waals surface area (Å²) < 4.78 is 0. The standard InChI is InChI=1S/C42H37N7O7/c43-38(52)31-23-46-32-16-14-27(22-30(32)37(31)47-28-7-2-1-3-8-28)24-10-12-26(13-11-24)39(53)45-21-5-20-44-34(50)18-15-25-6-4-9-29-36(25)42(56)49(41(29)55)33-17-19-35(51)48-40(33)54/h1-4,6-14,16,22-23,33H,5,15,17-21H2,(H2,43,52)(H,44,50)(H,45,53)(H,46,47)(H,48,51,54). The zero-order valence-corrected chi connectivity index (χ0v) is 30.1. The van der Waals surface area contributed by atoms with Crippen LogP contribution in [0.15, 0.2) is 97.2 Å². The summed E-state index contributed by atoms with van der Waals surface area (Å²) in [6.07, 6.45) is 2.27. The molecule has 4 aromatic carbocycles. The number of anilines is 2. The van der Waals surface area contributed by atoms with Crippen LogP contribution in [0.3, 0.4) is 0 Å². The average Bonchev–Trinajstić information content (AvgIpc) is 3.46. The summed E-state index contributed by atoms with van der Waals surface area (Å²) in [4.78, 5) is 93.5. The van der Waals surface area contributed by atoms with Crippen molar-refractivity contribution in [2.75, 3.05) is 18.4 Å². The number of piperidine rings is 1. The van der Waals surface area contributed by atoms with Gasteiger partial charge in [0, 0.05) is 48.8 Å². The predicted molar refractivity (Wildman–Crippen MR) is 207 cm³/mol. The molecule has 6 N–H and O–H groups in total. The maximum atomic E-state index is 13.3. The van der Waals surface area contributed by atoms with E-state index >= 15 is 0 Å². The molecule has 5 aromatic rings. The second-order valence-corrected chi connectivity index (χ2v) is 13.5. The van der Waals surface area contributed by atoms with Crippen molar-refractivity contribution in [1.82, 2.24) is 25.8 Å². The third-order valence-corrected chi connectivity index (χ3v) is 9.79. The lowest BCUT2D eigenvalue weighted by Crippen LogP contribution is -2.54. The first-order chi connectivity index (χ1) is 27.1. The van der Waals surface area contributed by atoms with Crippen molar-refractivity contribution >= 4 is 63.6 Å². The Labute approximate surface area is 320 Å². The number of nitrogens with two attached hydrogens (primary N) is 1. The Kier molecular flexibility index (Phi) is 10.6. The van der Waals surface area contributed by atoms with E-state index in [-0.39, 0.29) is 54.2 Å². The lowest BCUT2D eigenvalue weighted by atomic mass is 9.99. The lowest BCUT2D eigenvalue weighted by molar-refractivity contribution is -0.136. The third kappa shape index (κ3) is 7.71. The second kappa shape index (κ2) is 16.0. The summed E-state index contributed by atoms with van der Waals surface area (Å²) in [6.45, 7) is 0.623. The Balaban J connectivity index is 0.898. The number of aromatic nitrogens is 1. The Morgan fingerprint density at radius 2 is 1.59 bits per heavy atom. The minimum absolute atomic E-state index is 0.0252. The van der Waals surface area contributed by atoms with Crippen LogP contribution in [-0.4, -0.2) is 70.4 Å². The number of rotatable bonds is 13. The monoisotopic (exact) mass is 751 g/mol. The molecule has 1 fully saturated rings. The van der Waals surface area contributed by atoms with Crippen molar-refractivity contribution in [2.24, 2.45) is 5.73 Å². The molecule has 0 bridgehead atoms. The summed E-state index contributed by atoms with van der Waals surface area (Å²) >= 11 is 0. The van der Waals surface area contributed by atoms with Gasteiger partial charge in [-0.1, -0.05) is 48.5 Å². The molecule has 3 heterocycles. The van der Waals surface area contributed by atoms with E-state index in [4.69, 9.17) is 5.73 Å². The first-order valence-electron chi connectivity index (χ1n) is 18.1. The number of para-hydroxylation sites is 1. The normalized spacial score (nSPS) is 15.0. The highest BCUT2D eigenvalue weighted by atomic mass is 16.2. The van der Waals surface area contributed by atoms with Gasteiger partial charge < -0.3 is 21.7 Å². The minimum Gasteiger partial charge on any atom is -0.365 e. The number of aryl methyl sites for hydroxylation is 1. The molecular formula is C42H37N7O7. The van der Waals surface area contributed by atoms with Gasteiger partial charge in [0.25, 0.3) is 23.6 Å². The number of nitrogens with zero attached hydrogens (tertiary/aromatic N) is 2. The molecule has 14 heteroatoms. The number of nitrogens with one attached hydrogen (secondary N) is 4. The molecule has 1 unspecified atom stereocenters. The fourth-order valence-electron chi connectivity index (χ4n) is 6.92. The highest BCUT2D eigenvalue weighted by Crippen LogP contribution is 2.33. The van der Waals surface area contributed by atoms with Crippen LogP contribution in [0.4, 0.5) is 11.4 Å². The van der Waals surface area contributed by atoms with Gasteiger partial charge in [-0.15, -0.1) is 0 Å². The van der Waals surface area contributed by atoms with Crippen LogP contribution in [0.5, 0.6) is 0 Å². The smallest absolute Gasteiger partial charge is 0.262 e. The fraction of sp³-hybridized carbons (Fsp3) is 0.190. The summed E-state index contributed by atoms with van der Waals surface area (Å²) in [7, 11) is 0. The molecule has 0 spiro atoms. The molecular weight excluding hydrogens is 715 g/mol. The number of fused-ring (bicyclic) bond motifs is 2. The zero-order valence-electron chi connectivity index (χ0n) is 30.1. The van der Waals surface area contributed by atoms with Crippen LogP contribution < -0.4 is 27.0 Å². The number of hydrogen-bond donors (Lipinski definition) is 5. The van der Waals surface area contributed by atoms with Crippen LogP contribution in [0.2, 0.25) is 0 Å². The Morgan fingerprint density at radius 3 is 2.34 bits per heavy atom. The van der Waals surface area contributed by atoms with Gasteiger partial charge in [-0.2, -0.15) is 0 Å². The van der Waals surface area contributed by atoms with Crippen LogP contribution in [-0.2, 0) is 20.8 Å². The van der Waals surface area contributed by atoms with Crippen molar-refractivity contribution in [3.8, 4) is 11.1 Å². The number of imide groups is 2. The molecule has 0 aliphatic carbocycles. The molecule has 56 heavy (non-hydrogen) atoms. The zero-order chi connectivity index (χ0) is 39.3. The maximum Gasteiger partial charge on any atom is 0.262 e. The SMILES string of the molecule is NC(=O)c1cnc2ccc(-c3ccc(C(=O)NCCCNC(=O)CCc4cccc5c4C(=O)N(C4CCC(=O)NC4=O)C5=O)cc3)cc2c1Nc1ccccc1. The van der Waals surface area contributed by atoms with Crippen LogP contribution in [0, 0.1) is 0 Å². The number of benzene rings is 4. The molecule has 14 nitrogen and oxygen atoms in total. The first-order valence-corrected chi connectivity index (χ1v) is 18.1. The van der Waals surface area contributed by atoms with Gasteiger partial charge >= 0.3 is 0 Å². The topological polar surface area (TPSA) is 210 Å². The molecule has 1 atom stereocenters. The molecule has 1 aromatic heterocycles. The molecule has 0 saturated carbocycles. The number of carbonyl (C=O) groups excluding carboxylic acids is 7. The van der Waals surface area contributed by atoms with Gasteiger partial charge in [0.05, 0.1) is 27.9 Å². The average molecular weight is 752 g/mol. The van der Waals surface area contributed by atoms with Crippen molar-refractivity contribution in [3.05, 3.63) is 125 Å². The number of primary amides is 1. The quantitative estimate of drug-likeness (QED) is 0.0868. The van der Waals surface area contributed by atoms with Crippen LogP contribution >= 0.6 is 0 Å². The van der Waals surface area contributed by atoms with Crippen molar-refractivity contribution < 1.29 is 33.6 Å². The summed E-state index contributed by atoms with van der Waals surface area (Å²) in [5, 5.41) is 11.9. The predicted octanol–water partition coefficient (Wildman–Crippen LogP) is 4.01. The highest BCUT2D eigenvalue weighted by molar-refractivity contribution is 6.24. The maximum absolute atomic E-state index is 13.3. The largest absolute Gasteiger partial charge is 0.365 e. The van der Waals surface area contributed by atoms with Gasteiger partial charge in [0.15, 0.2) is 0 Å². The molecule has 0 radical (unpaired) electrons. The van der Waals surface area contributed by atoms with Gasteiger partial charge in [0.2, 0.25) is 17.7 Å². The van der Waals surface area contributed by atoms with E-state index in [2.05, 4.69) is 26.3 Å². The summed E-state index contributed by atoms with van der Waals surface area (Å²) in [5.74, 6) is -3.48. The molecule has 2 aliphatic heterocycles. The lowest BCUT2D eigenvalue weighted by Gasteiger charge is -2.27. The van der Waals surface area contributed by atoms with Crippen molar-refractivity contribution in [3.63, 3.8) is 0 Å². The van der Waals surface area contributed by atoms with Crippen molar-refractivity contribution in [1.29, 1.82) is 0 Å². The molecule has 2 aliphatic rings. The van der Waals surface area contributed by atoms with Gasteiger partial charge in [-0.05, 0) is 78.4 Å². The number of pyridine rings is 1. The molecule has 7 rings (SSSR count). The van der Waals surface area contributed by atoms with E-state index in [9.17, 15) is 33.6 Å². The molecule has 282 valence electrons. The Hall–Kier alpha value is -7.22. The summed E-state index contributed by atoms with van der Waals surface area (Å²) in [6, 6.07) is 26.0. The fourth-order valence-corrected chi connectivity index (χ4v) is 6.92. The number of amides is 7. The van der Waals surface area contributed by atoms with E-state index < -0.39 is 35.6 Å².